The third-order valence-electron chi connectivity index (χ3n) is 5.64. The van der Waals surface area contributed by atoms with Gasteiger partial charge in [-0.1, -0.05) is 5.16 Å². The van der Waals surface area contributed by atoms with E-state index in [1.807, 2.05) is 38.1 Å². The number of H-pyrrole nitrogens is 1. The van der Waals surface area contributed by atoms with Gasteiger partial charge in [-0.05, 0) is 38.8 Å². The summed E-state index contributed by atoms with van der Waals surface area (Å²) in [6, 6.07) is 9.34. The van der Waals surface area contributed by atoms with Crippen LogP contribution in [0.4, 0.5) is 17.6 Å². The minimum Gasteiger partial charge on any atom is -0.475 e. The monoisotopic (exact) mass is 462 g/mol. The Morgan fingerprint density at radius 3 is 2.94 bits per heavy atom. The number of aromatic nitrogens is 6. The summed E-state index contributed by atoms with van der Waals surface area (Å²) in [5.74, 6) is 2.80. The van der Waals surface area contributed by atoms with Crippen LogP contribution in [0.15, 0.2) is 41.1 Å². The summed E-state index contributed by atoms with van der Waals surface area (Å²) >= 11 is 0. The number of anilines is 3. The first-order valence-corrected chi connectivity index (χ1v) is 11.2. The van der Waals surface area contributed by atoms with Crippen LogP contribution in [0.2, 0.25) is 0 Å². The molecule has 1 fully saturated rings. The summed E-state index contributed by atoms with van der Waals surface area (Å²) in [6.45, 7) is 4.66. The normalized spacial score (nSPS) is 15.6. The molecule has 34 heavy (non-hydrogen) atoms. The minimum atomic E-state index is -0.110. The van der Waals surface area contributed by atoms with E-state index in [1.165, 1.54) is 0 Å². The van der Waals surface area contributed by atoms with E-state index in [0.29, 0.717) is 23.5 Å². The Morgan fingerprint density at radius 2 is 2.15 bits per heavy atom. The van der Waals surface area contributed by atoms with Crippen LogP contribution in [0, 0.1) is 13.8 Å². The third-order valence-corrected chi connectivity index (χ3v) is 5.64. The molecule has 0 bridgehead atoms. The highest BCUT2D eigenvalue weighted by atomic mass is 16.5. The number of pyridine rings is 1. The van der Waals surface area contributed by atoms with Crippen LogP contribution >= 0.6 is 0 Å². The van der Waals surface area contributed by atoms with E-state index < -0.39 is 0 Å². The summed E-state index contributed by atoms with van der Waals surface area (Å²) in [6.07, 6.45) is 3.60. The largest absolute Gasteiger partial charge is 0.475 e. The Labute approximate surface area is 196 Å². The van der Waals surface area contributed by atoms with Gasteiger partial charge < -0.3 is 24.6 Å². The molecule has 0 aromatic carbocycles. The molecule has 0 aliphatic carbocycles. The van der Waals surface area contributed by atoms with Crippen molar-refractivity contribution in [2.24, 2.45) is 0 Å². The Bertz CT molecular complexity index is 1270. The molecular weight excluding hydrogens is 436 g/mol. The summed E-state index contributed by atoms with van der Waals surface area (Å²) in [5.41, 5.74) is 3.52. The van der Waals surface area contributed by atoms with Crippen molar-refractivity contribution in [3.63, 3.8) is 0 Å². The Morgan fingerprint density at radius 1 is 1.24 bits per heavy atom. The second kappa shape index (κ2) is 9.48. The number of nitrogens with one attached hydrogen (secondary N) is 2. The van der Waals surface area contributed by atoms with Gasteiger partial charge in [0.1, 0.15) is 18.1 Å². The fourth-order valence-electron chi connectivity index (χ4n) is 4.07. The van der Waals surface area contributed by atoms with Crippen LogP contribution in [0.3, 0.4) is 0 Å². The average Bonchev–Trinajstić information content (AvgIpc) is 3.59. The maximum atomic E-state index is 9.19. The molecule has 4 aromatic heterocycles. The van der Waals surface area contributed by atoms with Crippen molar-refractivity contribution in [2.75, 3.05) is 30.0 Å². The van der Waals surface area contributed by atoms with Crippen molar-refractivity contribution in [2.45, 2.75) is 32.7 Å². The molecule has 0 radical (unpaired) electrons. The van der Waals surface area contributed by atoms with E-state index in [1.54, 1.807) is 12.3 Å². The Kier molecular flexibility index (Phi) is 6.09. The lowest BCUT2D eigenvalue weighted by Gasteiger charge is -2.23. The zero-order chi connectivity index (χ0) is 23.5. The van der Waals surface area contributed by atoms with Crippen molar-refractivity contribution in [3.8, 4) is 17.1 Å². The molecule has 11 heteroatoms. The van der Waals surface area contributed by atoms with Gasteiger partial charge in [0.2, 0.25) is 11.8 Å². The molecule has 5 heterocycles. The van der Waals surface area contributed by atoms with E-state index in [0.717, 1.165) is 47.8 Å². The van der Waals surface area contributed by atoms with Crippen LogP contribution in [0.1, 0.15) is 36.0 Å². The molecule has 3 N–H and O–H groups in total. The topological polar surface area (TPSA) is 138 Å². The molecule has 1 saturated heterocycles. The number of nitrogens with zero attached hydrogens (tertiary/aromatic N) is 6. The van der Waals surface area contributed by atoms with Gasteiger partial charge in [0.05, 0.1) is 12.6 Å². The van der Waals surface area contributed by atoms with Gasteiger partial charge in [0.25, 0.3) is 0 Å². The lowest BCUT2D eigenvalue weighted by atomic mass is 10.1. The second-order valence-electron chi connectivity index (χ2n) is 8.13. The van der Waals surface area contributed by atoms with Crippen molar-refractivity contribution >= 4 is 17.6 Å². The minimum absolute atomic E-state index is 0.0632. The third kappa shape index (κ3) is 4.55. The SMILES string of the molecule is Cc1cc(Nc2cc(OCCO)nc(N3CCCC3c3cc(-c4cccnc4C)no3)n2)n[nH]1. The van der Waals surface area contributed by atoms with Crippen molar-refractivity contribution in [3.05, 3.63) is 53.7 Å². The van der Waals surface area contributed by atoms with Gasteiger partial charge in [-0.15, -0.1) is 0 Å². The van der Waals surface area contributed by atoms with E-state index in [2.05, 4.69) is 35.5 Å². The fourth-order valence-corrected chi connectivity index (χ4v) is 4.07. The molecule has 11 nitrogen and oxygen atoms in total. The van der Waals surface area contributed by atoms with Gasteiger partial charge >= 0.3 is 0 Å². The zero-order valence-corrected chi connectivity index (χ0v) is 19.0. The van der Waals surface area contributed by atoms with Crippen molar-refractivity contribution in [1.82, 2.24) is 30.3 Å². The smallest absolute Gasteiger partial charge is 0.231 e. The standard InChI is InChI=1S/C23H26N8O3/c1-14-11-21(29-28-14)25-20-13-22(33-10-9-32)27-23(26-20)31-8-4-6-18(31)19-12-17(30-34-19)16-5-3-7-24-15(16)2/h3,5,7,11-13,18,32H,4,6,8-10H2,1-2H3,(H2,25,26,27,28,29). The van der Waals surface area contributed by atoms with Gasteiger partial charge in [-0.3, -0.25) is 10.1 Å². The van der Waals surface area contributed by atoms with E-state index in [9.17, 15) is 5.11 Å². The van der Waals surface area contributed by atoms with Gasteiger partial charge in [0, 0.05) is 47.9 Å². The molecule has 1 atom stereocenters. The van der Waals surface area contributed by atoms with E-state index >= 15 is 0 Å². The number of hydrogen-bond donors (Lipinski definition) is 3. The highest BCUT2D eigenvalue weighted by molar-refractivity contribution is 5.62. The highest BCUT2D eigenvalue weighted by Gasteiger charge is 2.32. The number of rotatable bonds is 8. The molecule has 1 unspecified atom stereocenters. The Balaban J connectivity index is 1.44. The maximum Gasteiger partial charge on any atom is 0.231 e. The molecule has 0 amide bonds. The van der Waals surface area contributed by atoms with Crippen molar-refractivity contribution < 1.29 is 14.4 Å². The maximum absolute atomic E-state index is 9.19. The zero-order valence-electron chi connectivity index (χ0n) is 19.0. The van der Waals surface area contributed by atoms with Crippen LogP contribution in [0.25, 0.3) is 11.3 Å². The molecule has 5 rings (SSSR count). The molecule has 176 valence electrons. The van der Waals surface area contributed by atoms with Crippen LogP contribution in [0.5, 0.6) is 5.88 Å². The highest BCUT2D eigenvalue weighted by Crippen LogP contribution is 2.37. The van der Waals surface area contributed by atoms with Crippen LogP contribution in [-0.4, -0.2) is 55.2 Å². The van der Waals surface area contributed by atoms with Gasteiger partial charge in [0.15, 0.2) is 11.6 Å². The summed E-state index contributed by atoms with van der Waals surface area (Å²) in [5, 5.41) is 23.8. The molecule has 1 aliphatic rings. The summed E-state index contributed by atoms with van der Waals surface area (Å²) in [4.78, 5) is 15.8. The molecule has 0 saturated carbocycles. The van der Waals surface area contributed by atoms with Crippen LogP contribution in [-0.2, 0) is 0 Å². The van der Waals surface area contributed by atoms with E-state index in [-0.39, 0.29) is 19.3 Å². The van der Waals surface area contributed by atoms with Gasteiger partial charge in [-0.25, -0.2) is 0 Å². The first-order chi connectivity index (χ1) is 16.6. The first-order valence-electron chi connectivity index (χ1n) is 11.2. The number of aryl methyl sites for hydroxylation is 2. The number of aliphatic hydroxyl groups excluding tert-OH is 1. The molecule has 1 aliphatic heterocycles. The number of aliphatic hydroxyl groups is 1. The molecule has 0 spiro atoms. The first kappa shape index (κ1) is 21.8. The summed E-state index contributed by atoms with van der Waals surface area (Å²) in [7, 11) is 0. The van der Waals surface area contributed by atoms with Crippen LogP contribution < -0.4 is 15.0 Å². The molecule has 4 aromatic rings. The lowest BCUT2D eigenvalue weighted by Crippen LogP contribution is -2.25. The second-order valence-corrected chi connectivity index (χ2v) is 8.13. The number of hydrogen-bond acceptors (Lipinski definition) is 10. The summed E-state index contributed by atoms with van der Waals surface area (Å²) < 4.78 is 11.4. The number of aromatic amines is 1. The fraction of sp³-hybridized carbons (Fsp3) is 0.348. The number of ether oxygens (including phenoxy) is 1. The lowest BCUT2D eigenvalue weighted by molar-refractivity contribution is 0.196. The van der Waals surface area contributed by atoms with E-state index in [4.69, 9.17) is 14.2 Å². The van der Waals surface area contributed by atoms with Gasteiger partial charge in [-0.2, -0.15) is 15.1 Å². The average molecular weight is 463 g/mol. The predicted molar refractivity (Wildman–Crippen MR) is 125 cm³/mol. The Hall–Kier alpha value is -3.99. The predicted octanol–water partition coefficient (Wildman–Crippen LogP) is 3.32. The molecular formula is C23H26N8O3. The van der Waals surface area contributed by atoms with Crippen molar-refractivity contribution in [1.29, 1.82) is 0 Å². The quantitative estimate of drug-likeness (QED) is 0.357.